The number of carbonyl (C=O) groups is 3. The SMILES string of the molecule is Cc1cc([N+](=O)[O-])ccc1NC(=O)COC(=O)CCC(=O)N1CCC(c2ccccc2)=N1. The maximum Gasteiger partial charge on any atom is 0.306 e. The molecule has 0 atom stereocenters. The summed E-state index contributed by atoms with van der Waals surface area (Å²) in [6.45, 7) is 1.54. The fourth-order valence-electron chi connectivity index (χ4n) is 3.11. The predicted octanol–water partition coefficient (Wildman–Crippen LogP) is 2.80. The lowest BCUT2D eigenvalue weighted by atomic mass is 10.1. The molecule has 1 aliphatic heterocycles. The van der Waals surface area contributed by atoms with Crippen LogP contribution in [0.25, 0.3) is 0 Å². The molecule has 0 aromatic heterocycles. The van der Waals surface area contributed by atoms with Gasteiger partial charge in [0, 0.05) is 30.7 Å². The first kappa shape index (κ1) is 22.6. The molecule has 1 N–H and O–H groups in total. The summed E-state index contributed by atoms with van der Waals surface area (Å²) < 4.78 is 4.92. The molecular formula is C22H22N4O6. The third-order valence-corrected chi connectivity index (χ3v) is 4.80. The van der Waals surface area contributed by atoms with Gasteiger partial charge in [-0.05, 0) is 24.1 Å². The van der Waals surface area contributed by atoms with Gasteiger partial charge in [0.2, 0.25) is 5.91 Å². The van der Waals surface area contributed by atoms with Crippen LogP contribution in [0.3, 0.4) is 0 Å². The predicted molar refractivity (Wildman–Crippen MR) is 116 cm³/mol. The summed E-state index contributed by atoms with van der Waals surface area (Å²) in [5.74, 6) is -1.56. The lowest BCUT2D eigenvalue weighted by molar-refractivity contribution is -0.384. The molecule has 0 bridgehead atoms. The maximum absolute atomic E-state index is 12.3. The second-order valence-corrected chi connectivity index (χ2v) is 7.14. The Morgan fingerprint density at radius 2 is 1.91 bits per heavy atom. The number of amides is 2. The monoisotopic (exact) mass is 438 g/mol. The van der Waals surface area contributed by atoms with Gasteiger partial charge in [0.05, 0.1) is 23.6 Å². The minimum atomic E-state index is -0.680. The summed E-state index contributed by atoms with van der Waals surface area (Å²) in [7, 11) is 0. The molecule has 0 fully saturated rings. The van der Waals surface area contributed by atoms with E-state index >= 15 is 0 Å². The van der Waals surface area contributed by atoms with Crippen molar-refractivity contribution in [2.75, 3.05) is 18.5 Å². The maximum atomic E-state index is 12.3. The van der Waals surface area contributed by atoms with Crippen molar-refractivity contribution in [2.45, 2.75) is 26.2 Å². The number of hydrogen-bond acceptors (Lipinski definition) is 7. The average molecular weight is 438 g/mol. The molecule has 0 spiro atoms. The van der Waals surface area contributed by atoms with E-state index < -0.39 is 23.4 Å². The minimum absolute atomic E-state index is 0.0759. The van der Waals surface area contributed by atoms with Crippen LogP contribution in [0.5, 0.6) is 0 Å². The van der Waals surface area contributed by atoms with Gasteiger partial charge in [0.25, 0.3) is 11.6 Å². The summed E-state index contributed by atoms with van der Waals surface area (Å²) in [5, 5.41) is 19.0. The fraction of sp³-hybridized carbons (Fsp3) is 0.273. The van der Waals surface area contributed by atoms with Crippen molar-refractivity contribution in [3.05, 3.63) is 69.8 Å². The Bertz CT molecular complexity index is 1070. The van der Waals surface area contributed by atoms with Gasteiger partial charge in [-0.3, -0.25) is 24.5 Å². The van der Waals surface area contributed by atoms with Crippen LogP contribution in [-0.4, -0.2) is 46.6 Å². The van der Waals surface area contributed by atoms with Crippen LogP contribution in [0.15, 0.2) is 53.6 Å². The fourth-order valence-corrected chi connectivity index (χ4v) is 3.11. The second-order valence-electron chi connectivity index (χ2n) is 7.14. The Kier molecular flexibility index (Phi) is 7.27. The van der Waals surface area contributed by atoms with Crippen LogP contribution in [-0.2, 0) is 19.1 Å². The highest BCUT2D eigenvalue weighted by Gasteiger charge is 2.22. The number of aryl methyl sites for hydroxylation is 1. The van der Waals surface area contributed by atoms with Crippen LogP contribution in [0.2, 0.25) is 0 Å². The number of non-ortho nitro benzene ring substituents is 1. The highest BCUT2D eigenvalue weighted by atomic mass is 16.6. The number of benzene rings is 2. The highest BCUT2D eigenvalue weighted by molar-refractivity contribution is 6.02. The Morgan fingerprint density at radius 3 is 2.59 bits per heavy atom. The first-order valence-corrected chi connectivity index (χ1v) is 9.97. The number of anilines is 1. The normalized spacial score (nSPS) is 12.8. The van der Waals surface area contributed by atoms with Crippen LogP contribution < -0.4 is 5.32 Å². The molecule has 1 aliphatic rings. The quantitative estimate of drug-likeness (QED) is 0.383. The van der Waals surface area contributed by atoms with Gasteiger partial charge in [0.1, 0.15) is 0 Å². The molecule has 0 saturated carbocycles. The molecule has 0 saturated heterocycles. The van der Waals surface area contributed by atoms with Crippen molar-refractivity contribution in [1.82, 2.24) is 5.01 Å². The Labute approximate surface area is 184 Å². The Hall–Kier alpha value is -4.08. The van der Waals surface area contributed by atoms with Crippen molar-refractivity contribution in [1.29, 1.82) is 0 Å². The number of esters is 1. The van der Waals surface area contributed by atoms with Gasteiger partial charge in [-0.15, -0.1) is 0 Å². The van der Waals surface area contributed by atoms with Gasteiger partial charge in [-0.25, -0.2) is 5.01 Å². The van der Waals surface area contributed by atoms with Gasteiger partial charge in [-0.1, -0.05) is 30.3 Å². The minimum Gasteiger partial charge on any atom is -0.456 e. The number of nitrogens with one attached hydrogen (secondary N) is 1. The van der Waals surface area contributed by atoms with Crippen LogP contribution in [0, 0.1) is 17.0 Å². The number of nitro groups is 1. The summed E-state index contributed by atoms with van der Waals surface area (Å²) in [5.41, 5.74) is 2.57. The number of ether oxygens (including phenoxy) is 1. The van der Waals surface area contributed by atoms with E-state index in [4.69, 9.17) is 4.74 Å². The Balaban J connectivity index is 1.41. The first-order valence-electron chi connectivity index (χ1n) is 9.97. The average Bonchev–Trinajstić information content (AvgIpc) is 3.28. The van der Waals surface area contributed by atoms with E-state index in [1.54, 1.807) is 6.92 Å². The lowest BCUT2D eigenvalue weighted by Gasteiger charge is -2.11. The molecule has 2 amide bonds. The van der Waals surface area contributed by atoms with Gasteiger partial charge >= 0.3 is 5.97 Å². The summed E-state index contributed by atoms with van der Waals surface area (Å²) in [6.07, 6.45) is 0.394. The third-order valence-electron chi connectivity index (χ3n) is 4.80. The van der Waals surface area contributed by atoms with E-state index in [-0.39, 0.29) is 24.4 Å². The molecule has 166 valence electrons. The summed E-state index contributed by atoms with van der Waals surface area (Å²) in [6, 6.07) is 13.6. The van der Waals surface area contributed by atoms with Crippen LogP contribution in [0.4, 0.5) is 11.4 Å². The molecule has 10 heteroatoms. The van der Waals surface area contributed by atoms with Crippen molar-refractivity contribution >= 4 is 34.9 Å². The van der Waals surface area contributed by atoms with Crippen molar-refractivity contribution < 1.29 is 24.0 Å². The molecule has 1 heterocycles. The zero-order chi connectivity index (χ0) is 23.1. The first-order chi connectivity index (χ1) is 15.3. The number of hydrogen-bond donors (Lipinski definition) is 1. The zero-order valence-electron chi connectivity index (χ0n) is 17.4. The van der Waals surface area contributed by atoms with Gasteiger partial charge in [0.15, 0.2) is 6.61 Å². The largest absolute Gasteiger partial charge is 0.456 e. The van der Waals surface area contributed by atoms with E-state index in [1.807, 2.05) is 30.3 Å². The number of nitrogens with zero attached hydrogens (tertiary/aromatic N) is 3. The standard InChI is InChI=1S/C22H22N4O6/c1-15-13-17(26(30)31)7-8-18(15)23-20(27)14-32-22(29)10-9-21(28)25-12-11-19(24-25)16-5-3-2-4-6-16/h2-8,13H,9-12,14H2,1H3,(H,23,27). The summed E-state index contributed by atoms with van der Waals surface area (Å²) >= 11 is 0. The molecule has 3 rings (SSSR count). The number of hydrazone groups is 1. The second kappa shape index (κ2) is 10.3. The van der Waals surface area contributed by atoms with Gasteiger partial charge < -0.3 is 10.1 Å². The van der Waals surface area contributed by atoms with Crippen molar-refractivity contribution in [2.24, 2.45) is 5.10 Å². The van der Waals surface area contributed by atoms with Crippen LogP contribution in [0.1, 0.15) is 30.4 Å². The molecule has 2 aromatic carbocycles. The molecular weight excluding hydrogens is 416 g/mol. The van der Waals surface area contributed by atoms with Crippen molar-refractivity contribution in [3.63, 3.8) is 0 Å². The Morgan fingerprint density at radius 1 is 1.16 bits per heavy atom. The van der Waals surface area contributed by atoms with Gasteiger partial charge in [-0.2, -0.15) is 5.10 Å². The molecule has 32 heavy (non-hydrogen) atoms. The zero-order valence-corrected chi connectivity index (χ0v) is 17.4. The molecule has 0 radical (unpaired) electrons. The van der Waals surface area contributed by atoms with E-state index in [9.17, 15) is 24.5 Å². The van der Waals surface area contributed by atoms with E-state index in [0.717, 1.165) is 11.3 Å². The highest BCUT2D eigenvalue weighted by Crippen LogP contribution is 2.21. The topological polar surface area (TPSA) is 131 Å². The lowest BCUT2D eigenvalue weighted by Crippen LogP contribution is -2.25. The third kappa shape index (κ3) is 5.97. The van der Waals surface area contributed by atoms with E-state index in [0.29, 0.717) is 24.2 Å². The summed E-state index contributed by atoms with van der Waals surface area (Å²) in [4.78, 5) is 46.4. The van der Waals surface area contributed by atoms with E-state index in [1.165, 1.54) is 23.2 Å². The number of carbonyl (C=O) groups excluding carboxylic acids is 3. The number of rotatable bonds is 8. The van der Waals surface area contributed by atoms with Crippen LogP contribution >= 0.6 is 0 Å². The molecule has 2 aromatic rings. The van der Waals surface area contributed by atoms with E-state index in [2.05, 4.69) is 10.4 Å². The molecule has 10 nitrogen and oxygen atoms in total. The molecule has 0 aliphatic carbocycles. The molecule has 0 unspecified atom stereocenters. The smallest absolute Gasteiger partial charge is 0.306 e. The van der Waals surface area contributed by atoms with Crippen molar-refractivity contribution in [3.8, 4) is 0 Å². The number of nitro benzene ring substituents is 1.